The van der Waals surface area contributed by atoms with Crippen LogP contribution in [-0.2, 0) is 0 Å². The second-order valence-corrected chi connectivity index (χ2v) is 8.54. The van der Waals surface area contributed by atoms with Crippen molar-refractivity contribution in [2.45, 2.75) is 76.9 Å². The molecular formula is C18H30O2. The molecule has 4 rings (SSSR count). The lowest BCUT2D eigenvalue weighted by molar-refractivity contribution is -0.0913. The summed E-state index contributed by atoms with van der Waals surface area (Å²) in [5.74, 6) is 4.26. The van der Waals surface area contributed by atoms with Crippen LogP contribution in [0.3, 0.4) is 0 Å². The topological polar surface area (TPSA) is 40.5 Å². The first kappa shape index (κ1) is 13.6. The lowest BCUT2D eigenvalue weighted by Gasteiger charge is -2.55. The number of rotatable bonds is 0. The SMILES string of the molecule is C[C@]12CC[C@@H]3C4CC[C@@H](O)C[C@@H]4CC[C@H]3[C@@H]1CC[C@H]2O. The van der Waals surface area contributed by atoms with Crippen LogP contribution in [0.2, 0.25) is 0 Å². The Morgan fingerprint density at radius 3 is 2.45 bits per heavy atom. The molecule has 2 heteroatoms. The average Bonchev–Trinajstić information content (AvgIpc) is 2.74. The van der Waals surface area contributed by atoms with Gasteiger partial charge in [0.05, 0.1) is 12.2 Å². The van der Waals surface area contributed by atoms with Crippen molar-refractivity contribution in [1.29, 1.82) is 0 Å². The molecule has 0 saturated heterocycles. The summed E-state index contributed by atoms with van der Waals surface area (Å²) in [4.78, 5) is 0. The predicted octanol–water partition coefficient (Wildman–Crippen LogP) is 3.36. The molecule has 0 aromatic rings. The zero-order chi connectivity index (χ0) is 13.9. The van der Waals surface area contributed by atoms with Crippen LogP contribution in [0.25, 0.3) is 0 Å². The minimum atomic E-state index is -0.0423. The highest BCUT2D eigenvalue weighted by atomic mass is 16.3. The molecule has 0 aliphatic heterocycles. The minimum absolute atomic E-state index is 0.0186. The third kappa shape index (κ3) is 1.83. The highest BCUT2D eigenvalue weighted by Crippen LogP contribution is 2.62. The van der Waals surface area contributed by atoms with Crippen LogP contribution in [0.15, 0.2) is 0 Å². The fraction of sp³-hybridized carbons (Fsp3) is 1.00. The molecule has 0 aromatic carbocycles. The van der Waals surface area contributed by atoms with Gasteiger partial charge < -0.3 is 10.2 Å². The summed E-state index contributed by atoms with van der Waals surface area (Å²) in [5.41, 5.74) is 0.224. The molecule has 0 radical (unpaired) electrons. The molecule has 8 atom stereocenters. The third-order valence-corrected chi connectivity index (χ3v) is 7.88. The van der Waals surface area contributed by atoms with Crippen molar-refractivity contribution in [1.82, 2.24) is 0 Å². The lowest BCUT2D eigenvalue weighted by Crippen LogP contribution is -2.49. The van der Waals surface area contributed by atoms with Crippen LogP contribution in [0.5, 0.6) is 0 Å². The predicted molar refractivity (Wildman–Crippen MR) is 79.1 cm³/mol. The van der Waals surface area contributed by atoms with Gasteiger partial charge in [-0.1, -0.05) is 6.92 Å². The van der Waals surface area contributed by atoms with Gasteiger partial charge in [-0.3, -0.25) is 0 Å². The molecule has 4 aliphatic rings. The second-order valence-electron chi connectivity index (χ2n) is 8.54. The van der Waals surface area contributed by atoms with E-state index in [0.717, 1.165) is 48.9 Å². The molecule has 0 aromatic heterocycles. The summed E-state index contributed by atoms with van der Waals surface area (Å²) in [6, 6.07) is 0. The van der Waals surface area contributed by atoms with Crippen molar-refractivity contribution in [3.8, 4) is 0 Å². The standard InChI is InChI=1S/C18H30O2/c1-18-9-8-14-13-5-3-12(19)10-11(13)2-4-15(14)16(18)6-7-17(18)20/h11-17,19-20H,2-10H2,1H3/t11-,12+,13?,14+,15+,16-,17+,18-/m0/s1. The van der Waals surface area contributed by atoms with Crippen LogP contribution in [0, 0.1) is 35.0 Å². The van der Waals surface area contributed by atoms with E-state index in [-0.39, 0.29) is 17.6 Å². The van der Waals surface area contributed by atoms with Crippen molar-refractivity contribution < 1.29 is 10.2 Å². The van der Waals surface area contributed by atoms with Gasteiger partial charge >= 0.3 is 0 Å². The van der Waals surface area contributed by atoms with E-state index >= 15 is 0 Å². The minimum Gasteiger partial charge on any atom is -0.393 e. The Balaban J connectivity index is 1.57. The monoisotopic (exact) mass is 278 g/mol. The molecule has 0 amide bonds. The van der Waals surface area contributed by atoms with Crippen molar-refractivity contribution in [2.75, 3.05) is 0 Å². The number of aliphatic hydroxyl groups is 2. The number of fused-ring (bicyclic) bond motifs is 5. The highest BCUT2D eigenvalue weighted by molar-refractivity contribution is 5.06. The smallest absolute Gasteiger partial charge is 0.0596 e. The van der Waals surface area contributed by atoms with Gasteiger partial charge in [0.25, 0.3) is 0 Å². The summed E-state index contributed by atoms with van der Waals surface area (Å²) >= 11 is 0. The highest BCUT2D eigenvalue weighted by Gasteiger charge is 2.56. The van der Waals surface area contributed by atoms with Gasteiger partial charge in [0.1, 0.15) is 0 Å². The molecule has 4 aliphatic carbocycles. The lowest BCUT2D eigenvalue weighted by atomic mass is 9.50. The van der Waals surface area contributed by atoms with Gasteiger partial charge in [-0.25, -0.2) is 0 Å². The maximum absolute atomic E-state index is 10.4. The first-order chi connectivity index (χ1) is 9.59. The van der Waals surface area contributed by atoms with E-state index in [4.69, 9.17) is 0 Å². The number of aliphatic hydroxyl groups excluding tert-OH is 2. The first-order valence-corrected chi connectivity index (χ1v) is 8.95. The van der Waals surface area contributed by atoms with Gasteiger partial charge in [-0.2, -0.15) is 0 Å². The Kier molecular flexibility index (Phi) is 3.20. The van der Waals surface area contributed by atoms with E-state index in [2.05, 4.69) is 6.92 Å². The van der Waals surface area contributed by atoms with Crippen LogP contribution in [0.1, 0.15) is 64.7 Å². The summed E-state index contributed by atoms with van der Waals surface area (Å²) in [7, 11) is 0. The first-order valence-electron chi connectivity index (χ1n) is 8.95. The maximum Gasteiger partial charge on any atom is 0.0596 e. The van der Waals surface area contributed by atoms with E-state index < -0.39 is 0 Å². The van der Waals surface area contributed by atoms with Crippen molar-refractivity contribution in [3.05, 3.63) is 0 Å². The van der Waals surface area contributed by atoms with E-state index in [9.17, 15) is 10.2 Å². The summed E-state index contributed by atoms with van der Waals surface area (Å²) < 4.78 is 0. The Morgan fingerprint density at radius 1 is 0.800 bits per heavy atom. The Morgan fingerprint density at radius 2 is 1.60 bits per heavy atom. The van der Waals surface area contributed by atoms with Crippen LogP contribution in [0.4, 0.5) is 0 Å². The van der Waals surface area contributed by atoms with Gasteiger partial charge in [0.2, 0.25) is 0 Å². The third-order valence-electron chi connectivity index (χ3n) is 7.88. The molecule has 2 nitrogen and oxygen atoms in total. The average molecular weight is 278 g/mol. The van der Waals surface area contributed by atoms with Gasteiger partial charge in [-0.05, 0) is 92.8 Å². The second kappa shape index (κ2) is 4.71. The summed E-state index contributed by atoms with van der Waals surface area (Å²) in [5, 5.41) is 20.3. The quantitative estimate of drug-likeness (QED) is 0.713. The van der Waals surface area contributed by atoms with E-state index in [0.29, 0.717) is 0 Å². The zero-order valence-corrected chi connectivity index (χ0v) is 12.8. The molecule has 4 saturated carbocycles. The molecule has 114 valence electrons. The van der Waals surface area contributed by atoms with Crippen LogP contribution >= 0.6 is 0 Å². The molecule has 0 heterocycles. The fourth-order valence-electron chi connectivity index (χ4n) is 6.80. The van der Waals surface area contributed by atoms with Crippen LogP contribution < -0.4 is 0 Å². The van der Waals surface area contributed by atoms with Gasteiger partial charge in [0.15, 0.2) is 0 Å². The normalized spacial score (nSPS) is 58.6. The largest absolute Gasteiger partial charge is 0.393 e. The Bertz CT molecular complexity index is 382. The number of hydrogen-bond acceptors (Lipinski definition) is 2. The summed E-state index contributed by atoms with van der Waals surface area (Å²) in [6.07, 6.45) is 10.9. The van der Waals surface area contributed by atoms with Crippen molar-refractivity contribution in [3.63, 3.8) is 0 Å². The van der Waals surface area contributed by atoms with E-state index in [1.165, 1.54) is 38.5 Å². The maximum atomic E-state index is 10.4. The van der Waals surface area contributed by atoms with Gasteiger partial charge in [0, 0.05) is 0 Å². The Labute approximate surface area is 123 Å². The molecule has 1 unspecified atom stereocenters. The van der Waals surface area contributed by atoms with Gasteiger partial charge in [-0.15, -0.1) is 0 Å². The van der Waals surface area contributed by atoms with E-state index in [1.54, 1.807) is 0 Å². The van der Waals surface area contributed by atoms with Crippen molar-refractivity contribution >= 4 is 0 Å². The molecular weight excluding hydrogens is 248 g/mol. The Hall–Kier alpha value is -0.0800. The zero-order valence-electron chi connectivity index (χ0n) is 12.8. The van der Waals surface area contributed by atoms with Crippen LogP contribution in [-0.4, -0.2) is 22.4 Å². The van der Waals surface area contributed by atoms with Crippen molar-refractivity contribution in [2.24, 2.45) is 35.0 Å². The molecule has 20 heavy (non-hydrogen) atoms. The summed E-state index contributed by atoms with van der Waals surface area (Å²) in [6.45, 7) is 2.36. The molecule has 0 bridgehead atoms. The van der Waals surface area contributed by atoms with E-state index in [1.807, 2.05) is 0 Å². The number of hydrogen-bond donors (Lipinski definition) is 2. The molecule has 4 fully saturated rings. The molecule has 0 spiro atoms. The fourth-order valence-corrected chi connectivity index (χ4v) is 6.80. The molecule has 2 N–H and O–H groups in total.